The zero-order chi connectivity index (χ0) is 18.0. The van der Waals surface area contributed by atoms with Gasteiger partial charge in [0.1, 0.15) is 0 Å². The van der Waals surface area contributed by atoms with Gasteiger partial charge >= 0.3 is 0 Å². The van der Waals surface area contributed by atoms with Gasteiger partial charge in [-0.2, -0.15) is 0 Å². The molecule has 0 atom stereocenters. The molecule has 0 unspecified atom stereocenters. The van der Waals surface area contributed by atoms with E-state index in [1.807, 2.05) is 19.1 Å². The monoisotopic (exact) mass is 321 g/mol. The van der Waals surface area contributed by atoms with Crippen molar-refractivity contribution in [3.05, 3.63) is 78.7 Å². The number of allylic oxidation sites excluding steroid dienone is 5. The molecule has 0 saturated heterocycles. The van der Waals surface area contributed by atoms with Crippen molar-refractivity contribution in [1.29, 1.82) is 0 Å². The molecule has 0 heterocycles. The van der Waals surface area contributed by atoms with Crippen molar-refractivity contribution in [1.82, 2.24) is 0 Å². The van der Waals surface area contributed by atoms with Gasteiger partial charge in [-0.05, 0) is 60.5 Å². The topological polar surface area (TPSA) is 3.24 Å². The molecule has 0 fully saturated rings. The summed E-state index contributed by atoms with van der Waals surface area (Å²) in [6.45, 7) is 19.6. The molecule has 1 aliphatic rings. The van der Waals surface area contributed by atoms with Gasteiger partial charge in [-0.1, -0.05) is 65.1 Å². The number of hydrogen-bond acceptors (Lipinski definition) is 1. The molecule has 1 aromatic rings. The van der Waals surface area contributed by atoms with Crippen LogP contribution in [0.25, 0.3) is 0 Å². The van der Waals surface area contributed by atoms with E-state index in [-0.39, 0.29) is 10.8 Å². The zero-order valence-electron chi connectivity index (χ0n) is 15.9. The Morgan fingerprint density at radius 1 is 1.08 bits per heavy atom. The standard InChI is InChI=1S/C23H31N/c1-8-20(24(18(2)3)21-12-10-9-11-13-21)16-19-17-22(4,5)14-15-23(19,6)7/h8-13,16-17H,1-2,14-15H2,3-7H3/b20-16+. The number of nitrogens with zero attached hydrogens (tertiary/aromatic N) is 1. The van der Waals surface area contributed by atoms with Crippen molar-refractivity contribution >= 4 is 5.69 Å². The van der Waals surface area contributed by atoms with Crippen LogP contribution in [0.15, 0.2) is 78.7 Å². The number of hydrogen-bond donors (Lipinski definition) is 0. The molecule has 1 aliphatic carbocycles. The molecule has 1 heteroatoms. The first-order valence-electron chi connectivity index (χ1n) is 8.74. The molecule has 0 spiro atoms. The highest BCUT2D eigenvalue weighted by atomic mass is 15.1. The SMILES string of the molecule is C=C/C(=C\C1=CC(C)(C)CCC1(C)C)N(C(=C)C)c1ccccc1. The van der Waals surface area contributed by atoms with E-state index in [0.717, 1.165) is 17.1 Å². The van der Waals surface area contributed by atoms with Gasteiger partial charge < -0.3 is 4.90 Å². The normalized spacial score (nSPS) is 19.4. The minimum absolute atomic E-state index is 0.182. The molecule has 0 aromatic heterocycles. The van der Waals surface area contributed by atoms with Gasteiger partial charge in [-0.3, -0.25) is 0 Å². The predicted molar refractivity (Wildman–Crippen MR) is 107 cm³/mol. The number of benzene rings is 1. The molecule has 0 aliphatic heterocycles. The predicted octanol–water partition coefficient (Wildman–Crippen LogP) is 6.87. The molecule has 0 amide bonds. The molecular formula is C23H31N. The van der Waals surface area contributed by atoms with Crippen molar-refractivity contribution in [3.63, 3.8) is 0 Å². The summed E-state index contributed by atoms with van der Waals surface area (Å²) in [7, 11) is 0. The highest BCUT2D eigenvalue weighted by molar-refractivity contribution is 5.60. The quantitative estimate of drug-likeness (QED) is 0.535. The van der Waals surface area contributed by atoms with Gasteiger partial charge in [-0.25, -0.2) is 0 Å². The number of rotatable bonds is 5. The Hall–Kier alpha value is -2.02. The van der Waals surface area contributed by atoms with Crippen molar-refractivity contribution in [2.45, 2.75) is 47.5 Å². The fourth-order valence-corrected chi connectivity index (χ4v) is 3.25. The zero-order valence-corrected chi connectivity index (χ0v) is 15.9. The van der Waals surface area contributed by atoms with Crippen molar-refractivity contribution < 1.29 is 0 Å². The molecule has 0 bridgehead atoms. The first kappa shape index (κ1) is 18.3. The van der Waals surface area contributed by atoms with E-state index in [9.17, 15) is 0 Å². The van der Waals surface area contributed by atoms with Crippen molar-refractivity contribution in [3.8, 4) is 0 Å². The lowest BCUT2D eigenvalue weighted by molar-refractivity contribution is 0.286. The Bertz CT molecular complexity index is 671. The number of para-hydroxylation sites is 1. The first-order chi connectivity index (χ1) is 11.2. The molecule has 0 saturated carbocycles. The van der Waals surface area contributed by atoms with Gasteiger partial charge in [0.05, 0.1) is 0 Å². The number of anilines is 1. The molecule has 2 rings (SSSR count). The Labute approximate surface area is 148 Å². The fourth-order valence-electron chi connectivity index (χ4n) is 3.25. The highest BCUT2D eigenvalue weighted by Gasteiger charge is 2.32. The second kappa shape index (κ2) is 6.84. The van der Waals surface area contributed by atoms with Gasteiger partial charge in [0, 0.05) is 17.1 Å². The largest absolute Gasteiger partial charge is 0.315 e. The van der Waals surface area contributed by atoms with Gasteiger partial charge in [0.15, 0.2) is 0 Å². The van der Waals surface area contributed by atoms with Crippen LogP contribution >= 0.6 is 0 Å². The van der Waals surface area contributed by atoms with E-state index in [1.165, 1.54) is 18.4 Å². The maximum atomic E-state index is 4.18. The van der Waals surface area contributed by atoms with E-state index in [4.69, 9.17) is 0 Å². The summed E-state index contributed by atoms with van der Waals surface area (Å²) in [5.74, 6) is 0. The van der Waals surface area contributed by atoms with E-state index >= 15 is 0 Å². The molecule has 0 N–H and O–H groups in total. The fraction of sp³-hybridized carbons (Fsp3) is 0.391. The average molecular weight is 322 g/mol. The summed E-state index contributed by atoms with van der Waals surface area (Å²) in [5, 5.41) is 0. The van der Waals surface area contributed by atoms with Crippen LogP contribution in [-0.4, -0.2) is 0 Å². The lowest BCUT2D eigenvalue weighted by Crippen LogP contribution is -2.26. The van der Waals surface area contributed by atoms with Gasteiger partial charge in [0.25, 0.3) is 0 Å². The molecule has 128 valence electrons. The van der Waals surface area contributed by atoms with Crippen LogP contribution in [0, 0.1) is 10.8 Å². The van der Waals surface area contributed by atoms with Crippen LogP contribution in [0.3, 0.4) is 0 Å². The molecule has 1 aromatic carbocycles. The minimum atomic E-state index is 0.182. The first-order valence-corrected chi connectivity index (χ1v) is 8.74. The molecular weight excluding hydrogens is 290 g/mol. The second-order valence-corrected chi connectivity index (χ2v) is 8.15. The highest BCUT2D eigenvalue weighted by Crippen LogP contribution is 2.45. The van der Waals surface area contributed by atoms with Crippen LogP contribution in [0.2, 0.25) is 0 Å². The lowest BCUT2D eigenvalue weighted by atomic mass is 9.67. The van der Waals surface area contributed by atoms with E-state index < -0.39 is 0 Å². The summed E-state index contributed by atoms with van der Waals surface area (Å²) in [6, 6.07) is 10.4. The van der Waals surface area contributed by atoms with Crippen LogP contribution in [-0.2, 0) is 0 Å². The summed E-state index contributed by atoms with van der Waals surface area (Å²) < 4.78 is 0. The van der Waals surface area contributed by atoms with Gasteiger partial charge in [0.2, 0.25) is 0 Å². The summed E-state index contributed by atoms with van der Waals surface area (Å²) in [4.78, 5) is 2.17. The maximum Gasteiger partial charge on any atom is 0.0458 e. The van der Waals surface area contributed by atoms with Crippen molar-refractivity contribution in [2.24, 2.45) is 10.8 Å². The van der Waals surface area contributed by atoms with E-state index in [2.05, 4.69) is 82.2 Å². The Kier molecular flexibility index (Phi) is 5.22. The average Bonchev–Trinajstić information content (AvgIpc) is 2.51. The molecule has 1 nitrogen and oxygen atoms in total. The van der Waals surface area contributed by atoms with E-state index in [1.54, 1.807) is 0 Å². The van der Waals surface area contributed by atoms with Gasteiger partial charge in [-0.15, -0.1) is 0 Å². The third-order valence-electron chi connectivity index (χ3n) is 4.89. The summed E-state index contributed by atoms with van der Waals surface area (Å²) in [5.41, 5.74) is 4.99. The summed E-state index contributed by atoms with van der Waals surface area (Å²) in [6.07, 6.45) is 9.08. The van der Waals surface area contributed by atoms with Crippen LogP contribution in [0.1, 0.15) is 47.5 Å². The molecule has 0 radical (unpaired) electrons. The van der Waals surface area contributed by atoms with Crippen LogP contribution < -0.4 is 4.90 Å². The lowest BCUT2D eigenvalue weighted by Gasteiger charge is -2.38. The summed E-state index contributed by atoms with van der Waals surface area (Å²) >= 11 is 0. The Balaban J connectivity index is 2.52. The van der Waals surface area contributed by atoms with Crippen LogP contribution in [0.4, 0.5) is 5.69 Å². The maximum absolute atomic E-state index is 4.18. The minimum Gasteiger partial charge on any atom is -0.315 e. The van der Waals surface area contributed by atoms with Crippen molar-refractivity contribution in [2.75, 3.05) is 4.90 Å². The Morgan fingerprint density at radius 3 is 2.25 bits per heavy atom. The Morgan fingerprint density at radius 2 is 1.71 bits per heavy atom. The van der Waals surface area contributed by atoms with Crippen LogP contribution in [0.5, 0.6) is 0 Å². The van der Waals surface area contributed by atoms with E-state index in [0.29, 0.717) is 0 Å². The smallest absolute Gasteiger partial charge is 0.0458 e. The molecule has 24 heavy (non-hydrogen) atoms. The third-order valence-corrected chi connectivity index (χ3v) is 4.89. The second-order valence-electron chi connectivity index (χ2n) is 8.15. The third kappa shape index (κ3) is 4.08.